The second-order valence-corrected chi connectivity index (χ2v) is 9.45. The van der Waals surface area contributed by atoms with Gasteiger partial charge in [0.05, 0.1) is 23.4 Å². The SMILES string of the molecule is COc1ccc(C2C3=C(N=c4s/c(=C/c5ccc(F)cc5)c(=O)n42)c2ccccc2CC3)cc1. The molecule has 1 aliphatic heterocycles. The quantitative estimate of drug-likeness (QED) is 0.446. The van der Waals surface area contributed by atoms with Crippen molar-refractivity contribution in [2.24, 2.45) is 4.99 Å². The van der Waals surface area contributed by atoms with Crippen molar-refractivity contribution < 1.29 is 9.13 Å². The number of methoxy groups -OCH3 is 1. The first-order valence-electron chi connectivity index (χ1n) is 11.1. The number of ether oxygens (including phenoxy) is 1. The monoisotopic (exact) mass is 468 g/mol. The number of fused-ring (bicyclic) bond motifs is 3. The predicted octanol–water partition coefficient (Wildman–Crippen LogP) is 4.47. The van der Waals surface area contributed by atoms with E-state index in [9.17, 15) is 9.18 Å². The van der Waals surface area contributed by atoms with Gasteiger partial charge in [0.15, 0.2) is 4.80 Å². The Hall–Kier alpha value is -3.77. The number of halogens is 1. The Labute approximate surface area is 199 Å². The first kappa shape index (κ1) is 20.8. The number of hydrogen-bond acceptors (Lipinski definition) is 4. The third-order valence-electron chi connectivity index (χ3n) is 6.47. The summed E-state index contributed by atoms with van der Waals surface area (Å²) in [6, 6.07) is 22.2. The molecule has 6 rings (SSSR count). The number of thiazole rings is 1. The Bertz CT molecular complexity index is 1610. The lowest BCUT2D eigenvalue weighted by molar-refractivity contribution is 0.414. The minimum absolute atomic E-state index is 0.0840. The Kier molecular flexibility index (Phi) is 5.03. The molecule has 4 nitrogen and oxygen atoms in total. The maximum atomic E-state index is 13.7. The lowest BCUT2D eigenvalue weighted by atomic mass is 9.83. The van der Waals surface area contributed by atoms with E-state index in [1.165, 1.54) is 29.0 Å². The molecule has 2 heterocycles. The number of aryl methyl sites for hydroxylation is 1. The zero-order valence-corrected chi connectivity index (χ0v) is 19.3. The molecule has 168 valence electrons. The van der Waals surface area contributed by atoms with Crippen LogP contribution < -0.4 is 19.6 Å². The van der Waals surface area contributed by atoms with Crippen LogP contribution in [0.4, 0.5) is 4.39 Å². The van der Waals surface area contributed by atoms with E-state index < -0.39 is 0 Å². The van der Waals surface area contributed by atoms with E-state index in [2.05, 4.69) is 18.2 Å². The summed E-state index contributed by atoms with van der Waals surface area (Å²) in [7, 11) is 1.65. The maximum absolute atomic E-state index is 13.7. The van der Waals surface area contributed by atoms with Crippen LogP contribution >= 0.6 is 11.3 Å². The van der Waals surface area contributed by atoms with Gasteiger partial charge >= 0.3 is 0 Å². The molecular formula is C28H21FN2O2S. The van der Waals surface area contributed by atoms with Crippen molar-refractivity contribution in [2.45, 2.75) is 18.9 Å². The molecule has 1 aliphatic carbocycles. The van der Waals surface area contributed by atoms with Crippen LogP contribution in [0.2, 0.25) is 0 Å². The summed E-state index contributed by atoms with van der Waals surface area (Å²) in [5.74, 6) is 0.472. The third-order valence-corrected chi connectivity index (χ3v) is 7.46. The van der Waals surface area contributed by atoms with E-state index in [1.807, 2.05) is 41.0 Å². The zero-order valence-electron chi connectivity index (χ0n) is 18.5. The molecule has 1 aromatic heterocycles. The molecule has 6 heteroatoms. The van der Waals surface area contributed by atoms with Crippen LogP contribution in [-0.4, -0.2) is 11.7 Å². The van der Waals surface area contributed by atoms with Crippen molar-refractivity contribution in [1.29, 1.82) is 0 Å². The summed E-state index contributed by atoms with van der Waals surface area (Å²) in [5, 5.41) is 0. The number of rotatable bonds is 3. The highest BCUT2D eigenvalue weighted by atomic mass is 32.1. The summed E-state index contributed by atoms with van der Waals surface area (Å²) in [6.45, 7) is 0. The molecule has 1 atom stereocenters. The van der Waals surface area contributed by atoms with Gasteiger partial charge in [-0.1, -0.05) is 59.9 Å². The first-order valence-corrected chi connectivity index (χ1v) is 12.0. The summed E-state index contributed by atoms with van der Waals surface area (Å²) >= 11 is 1.37. The van der Waals surface area contributed by atoms with Crippen molar-refractivity contribution in [3.8, 4) is 5.75 Å². The molecule has 3 aromatic carbocycles. The molecule has 0 saturated carbocycles. The van der Waals surface area contributed by atoms with Gasteiger partial charge in [0, 0.05) is 5.56 Å². The molecule has 0 fully saturated rings. The highest BCUT2D eigenvalue weighted by Crippen LogP contribution is 2.41. The summed E-state index contributed by atoms with van der Waals surface area (Å²) < 4.78 is 21.1. The number of benzene rings is 3. The second-order valence-electron chi connectivity index (χ2n) is 8.44. The zero-order chi connectivity index (χ0) is 23.2. The van der Waals surface area contributed by atoms with Crippen molar-refractivity contribution in [2.75, 3.05) is 7.11 Å². The van der Waals surface area contributed by atoms with E-state index in [4.69, 9.17) is 9.73 Å². The molecule has 0 saturated heterocycles. The van der Waals surface area contributed by atoms with Gasteiger partial charge in [-0.2, -0.15) is 0 Å². The highest BCUT2D eigenvalue weighted by molar-refractivity contribution is 7.07. The van der Waals surface area contributed by atoms with Gasteiger partial charge in [0.1, 0.15) is 11.6 Å². The highest BCUT2D eigenvalue weighted by Gasteiger charge is 2.32. The predicted molar refractivity (Wildman–Crippen MR) is 132 cm³/mol. The summed E-state index contributed by atoms with van der Waals surface area (Å²) in [4.78, 5) is 19.4. The number of hydrogen-bond donors (Lipinski definition) is 0. The molecule has 0 bridgehead atoms. The molecule has 0 N–H and O–H groups in total. The van der Waals surface area contributed by atoms with Crippen molar-refractivity contribution in [3.63, 3.8) is 0 Å². The van der Waals surface area contributed by atoms with Crippen LogP contribution in [0.25, 0.3) is 11.8 Å². The van der Waals surface area contributed by atoms with Crippen molar-refractivity contribution >= 4 is 23.1 Å². The van der Waals surface area contributed by atoms with Gasteiger partial charge in [-0.3, -0.25) is 9.36 Å². The fraction of sp³-hybridized carbons (Fsp3) is 0.143. The smallest absolute Gasteiger partial charge is 0.271 e. The number of nitrogens with zero attached hydrogens (tertiary/aromatic N) is 2. The van der Waals surface area contributed by atoms with Gasteiger partial charge in [-0.25, -0.2) is 9.38 Å². The molecule has 0 amide bonds. The van der Waals surface area contributed by atoms with Crippen LogP contribution in [0.3, 0.4) is 0 Å². The second kappa shape index (κ2) is 8.22. The lowest BCUT2D eigenvalue weighted by Crippen LogP contribution is -2.38. The molecular weight excluding hydrogens is 447 g/mol. The molecule has 1 unspecified atom stereocenters. The van der Waals surface area contributed by atoms with Crippen LogP contribution in [0.1, 0.15) is 34.7 Å². The fourth-order valence-corrected chi connectivity index (χ4v) is 5.82. The average molecular weight is 469 g/mol. The van der Waals surface area contributed by atoms with Crippen LogP contribution in [-0.2, 0) is 6.42 Å². The van der Waals surface area contributed by atoms with E-state index in [0.29, 0.717) is 9.33 Å². The largest absolute Gasteiger partial charge is 0.497 e. The maximum Gasteiger partial charge on any atom is 0.271 e. The van der Waals surface area contributed by atoms with Gasteiger partial charge in [-0.15, -0.1) is 0 Å². The molecule has 34 heavy (non-hydrogen) atoms. The van der Waals surface area contributed by atoms with Gasteiger partial charge < -0.3 is 4.74 Å². The van der Waals surface area contributed by atoms with Gasteiger partial charge in [0.2, 0.25) is 0 Å². The van der Waals surface area contributed by atoms with E-state index in [1.54, 1.807) is 19.2 Å². The average Bonchev–Trinajstić information content (AvgIpc) is 3.18. The van der Waals surface area contributed by atoms with E-state index in [-0.39, 0.29) is 17.4 Å². The van der Waals surface area contributed by atoms with Crippen LogP contribution in [0.5, 0.6) is 5.75 Å². The Morgan fingerprint density at radius 3 is 2.56 bits per heavy atom. The Morgan fingerprint density at radius 2 is 1.79 bits per heavy atom. The Balaban J connectivity index is 1.60. The lowest BCUT2D eigenvalue weighted by Gasteiger charge is -2.30. The summed E-state index contributed by atoms with van der Waals surface area (Å²) in [5.41, 5.74) is 6.27. The Morgan fingerprint density at radius 1 is 1.03 bits per heavy atom. The normalized spacial score (nSPS) is 17.0. The molecule has 0 radical (unpaired) electrons. The summed E-state index contributed by atoms with van der Waals surface area (Å²) in [6.07, 6.45) is 3.57. The topological polar surface area (TPSA) is 43.6 Å². The standard InChI is InChI=1S/C28H21FN2O2S/c1-33-21-13-8-19(9-14-21)26-23-15-10-18-4-2-3-5-22(18)25(23)30-28-31(26)27(32)24(34-28)16-17-6-11-20(29)12-7-17/h2-9,11-14,16,26H,10,15H2,1H3/b24-16+. The van der Waals surface area contributed by atoms with Crippen LogP contribution in [0, 0.1) is 5.82 Å². The van der Waals surface area contributed by atoms with Crippen molar-refractivity contribution in [1.82, 2.24) is 4.57 Å². The molecule has 4 aromatic rings. The van der Waals surface area contributed by atoms with Gasteiger partial charge in [-0.05, 0) is 65.4 Å². The molecule has 0 spiro atoms. The van der Waals surface area contributed by atoms with Gasteiger partial charge in [0.25, 0.3) is 5.56 Å². The fourth-order valence-electron chi connectivity index (χ4n) is 4.82. The van der Waals surface area contributed by atoms with Crippen LogP contribution in [0.15, 0.2) is 88.2 Å². The van der Waals surface area contributed by atoms with Crippen molar-refractivity contribution in [3.05, 3.63) is 126 Å². The first-order chi connectivity index (χ1) is 16.6. The number of allylic oxidation sites excluding steroid dienone is 1. The van der Waals surface area contributed by atoms with E-state index in [0.717, 1.165) is 46.6 Å². The minimum atomic E-state index is -0.301. The molecule has 2 aliphatic rings. The third kappa shape index (κ3) is 3.42. The minimum Gasteiger partial charge on any atom is -0.497 e. The number of aromatic nitrogens is 1. The van der Waals surface area contributed by atoms with E-state index >= 15 is 0 Å².